The van der Waals surface area contributed by atoms with Gasteiger partial charge in [0.1, 0.15) is 0 Å². The average Bonchev–Trinajstić information content (AvgIpc) is 2.34. The highest BCUT2D eigenvalue weighted by Gasteiger charge is 2.55. The van der Waals surface area contributed by atoms with E-state index in [1.807, 2.05) is 0 Å². The van der Waals surface area contributed by atoms with E-state index in [1.165, 1.54) is 19.4 Å². The van der Waals surface area contributed by atoms with Crippen LogP contribution in [-0.2, 0) is 0 Å². The molecule has 0 amide bonds. The lowest BCUT2D eigenvalue weighted by Crippen LogP contribution is -2.40. The Hall–Kier alpha value is -0.0800. The molecule has 4 atom stereocenters. The topological polar surface area (TPSA) is 15.0 Å². The van der Waals surface area contributed by atoms with Crippen molar-refractivity contribution in [2.75, 3.05) is 6.54 Å². The maximum absolute atomic E-state index is 3.46. The molecule has 2 aliphatic heterocycles. The minimum Gasteiger partial charge on any atom is -0.251 e. The van der Waals surface area contributed by atoms with E-state index in [0.29, 0.717) is 0 Å². The molecule has 3 rings (SSSR count). The first kappa shape index (κ1) is 3.85. The van der Waals surface area contributed by atoms with Gasteiger partial charge in [-0.1, -0.05) is 0 Å². The van der Waals surface area contributed by atoms with Gasteiger partial charge in [0.2, 0.25) is 0 Å². The van der Waals surface area contributed by atoms with E-state index < -0.39 is 0 Å². The van der Waals surface area contributed by atoms with Crippen molar-refractivity contribution in [3.8, 4) is 0 Å². The van der Waals surface area contributed by atoms with Gasteiger partial charge >= 0.3 is 0 Å². The molecule has 0 bridgehead atoms. The molecular weight excluding hydrogens is 100 g/mol. The number of hydrogen-bond donors (Lipinski definition) is 1. The van der Waals surface area contributed by atoms with Crippen LogP contribution in [0.15, 0.2) is 0 Å². The predicted molar refractivity (Wildman–Crippen MR) is 30.1 cm³/mol. The summed E-state index contributed by atoms with van der Waals surface area (Å²) in [6, 6.07) is 1.86. The number of nitrogens with zero attached hydrogens (tertiary/aromatic N) is 1. The molecule has 0 aromatic heterocycles. The van der Waals surface area contributed by atoms with Crippen molar-refractivity contribution >= 4 is 0 Å². The quantitative estimate of drug-likeness (QED) is 0.440. The van der Waals surface area contributed by atoms with Crippen LogP contribution >= 0.6 is 0 Å². The zero-order valence-electron chi connectivity index (χ0n) is 4.80. The first-order valence-corrected chi connectivity index (χ1v) is 3.48. The van der Waals surface area contributed by atoms with Crippen molar-refractivity contribution < 1.29 is 0 Å². The van der Waals surface area contributed by atoms with Crippen LogP contribution in [0.4, 0.5) is 0 Å². The van der Waals surface area contributed by atoms with Gasteiger partial charge in [0.05, 0.1) is 0 Å². The van der Waals surface area contributed by atoms with Crippen LogP contribution in [0.2, 0.25) is 0 Å². The highest BCUT2D eigenvalue weighted by atomic mass is 15.7. The Morgan fingerprint density at radius 1 is 1.38 bits per heavy atom. The normalized spacial score (nSPS) is 66.0. The number of rotatable bonds is 0. The molecule has 2 unspecified atom stereocenters. The maximum atomic E-state index is 3.46. The van der Waals surface area contributed by atoms with E-state index in [2.05, 4.69) is 10.4 Å². The molecule has 1 aliphatic carbocycles. The van der Waals surface area contributed by atoms with Crippen LogP contribution in [0.3, 0.4) is 0 Å². The van der Waals surface area contributed by atoms with Gasteiger partial charge in [-0.3, -0.25) is 5.43 Å². The summed E-state index contributed by atoms with van der Waals surface area (Å²) < 4.78 is 0. The van der Waals surface area contributed by atoms with Crippen molar-refractivity contribution in [3.05, 3.63) is 0 Å². The molecule has 3 fully saturated rings. The molecule has 3 aliphatic rings. The van der Waals surface area contributed by atoms with E-state index in [0.717, 1.165) is 18.0 Å². The fraction of sp³-hybridized carbons (Fsp3) is 1.00. The Bertz CT molecular complexity index is 130. The molecule has 2 saturated heterocycles. The van der Waals surface area contributed by atoms with Crippen LogP contribution in [0.1, 0.15) is 12.8 Å². The van der Waals surface area contributed by atoms with Gasteiger partial charge < -0.3 is 0 Å². The molecule has 1 saturated carbocycles. The first-order valence-electron chi connectivity index (χ1n) is 3.48. The minimum absolute atomic E-state index is 0.897. The fourth-order valence-electron chi connectivity index (χ4n) is 2.03. The SMILES string of the molecule is C1C[C@H]2C1N[N@]1CC21. The van der Waals surface area contributed by atoms with Crippen LogP contribution < -0.4 is 5.43 Å². The number of hydrogen-bond acceptors (Lipinski definition) is 2. The highest BCUT2D eigenvalue weighted by molar-refractivity contribution is 5.08. The van der Waals surface area contributed by atoms with E-state index in [9.17, 15) is 0 Å². The minimum atomic E-state index is 0.897. The number of hydrazine groups is 1. The highest BCUT2D eigenvalue weighted by Crippen LogP contribution is 2.44. The summed E-state index contributed by atoms with van der Waals surface area (Å²) in [6.07, 6.45) is 2.91. The Kier molecular flexibility index (Phi) is 0.461. The third kappa shape index (κ3) is 0.273. The second-order valence-corrected chi connectivity index (χ2v) is 3.20. The largest absolute Gasteiger partial charge is 0.251 e. The summed E-state index contributed by atoms with van der Waals surface area (Å²) in [5.74, 6) is 1.05. The molecule has 2 heterocycles. The fourth-order valence-corrected chi connectivity index (χ4v) is 2.03. The molecule has 2 heteroatoms. The Balaban J connectivity index is 1.92. The van der Waals surface area contributed by atoms with Crippen molar-refractivity contribution in [2.24, 2.45) is 5.92 Å². The lowest BCUT2D eigenvalue weighted by atomic mass is 9.79. The van der Waals surface area contributed by atoms with Crippen LogP contribution in [-0.4, -0.2) is 23.6 Å². The molecule has 44 valence electrons. The standard InChI is InChI=1S/C6H10N2/c1-2-5-4(1)6-3-8(6)7-5/h4-7H,1-3H2/t4-,5?,6?,8+/m0/s1. The average molecular weight is 110 g/mol. The van der Waals surface area contributed by atoms with Gasteiger partial charge in [-0.15, -0.1) is 0 Å². The van der Waals surface area contributed by atoms with Crippen LogP contribution in [0.5, 0.6) is 0 Å². The summed E-state index contributed by atoms with van der Waals surface area (Å²) in [4.78, 5) is 0. The summed E-state index contributed by atoms with van der Waals surface area (Å²) in [6.45, 7) is 1.33. The summed E-state index contributed by atoms with van der Waals surface area (Å²) >= 11 is 0. The Morgan fingerprint density at radius 3 is 2.75 bits per heavy atom. The van der Waals surface area contributed by atoms with Gasteiger partial charge in [-0.05, 0) is 18.8 Å². The third-order valence-corrected chi connectivity index (χ3v) is 2.80. The van der Waals surface area contributed by atoms with E-state index in [1.54, 1.807) is 0 Å². The third-order valence-electron chi connectivity index (χ3n) is 2.80. The van der Waals surface area contributed by atoms with Gasteiger partial charge in [0.25, 0.3) is 0 Å². The zero-order valence-corrected chi connectivity index (χ0v) is 4.80. The molecule has 2 nitrogen and oxygen atoms in total. The van der Waals surface area contributed by atoms with Gasteiger partial charge in [0, 0.05) is 18.6 Å². The van der Waals surface area contributed by atoms with E-state index >= 15 is 0 Å². The second kappa shape index (κ2) is 0.957. The first-order chi connectivity index (χ1) is 3.95. The van der Waals surface area contributed by atoms with Crippen molar-refractivity contribution in [1.29, 1.82) is 0 Å². The lowest BCUT2D eigenvalue weighted by molar-refractivity contribution is 0.241. The monoisotopic (exact) mass is 110 g/mol. The molecule has 0 spiro atoms. The molecule has 8 heavy (non-hydrogen) atoms. The summed E-state index contributed by atoms with van der Waals surface area (Å²) in [7, 11) is 0. The molecule has 0 radical (unpaired) electrons. The maximum Gasteiger partial charge on any atom is 0.0429 e. The van der Waals surface area contributed by atoms with Crippen molar-refractivity contribution in [1.82, 2.24) is 10.4 Å². The van der Waals surface area contributed by atoms with Gasteiger partial charge in [-0.25, -0.2) is 5.01 Å². The van der Waals surface area contributed by atoms with Crippen LogP contribution in [0, 0.1) is 5.92 Å². The smallest absolute Gasteiger partial charge is 0.0429 e. The zero-order chi connectivity index (χ0) is 5.14. The van der Waals surface area contributed by atoms with Crippen molar-refractivity contribution in [3.63, 3.8) is 0 Å². The van der Waals surface area contributed by atoms with Gasteiger partial charge in [-0.2, -0.15) is 0 Å². The summed E-state index contributed by atoms with van der Waals surface area (Å²) in [5.41, 5.74) is 3.46. The second-order valence-electron chi connectivity index (χ2n) is 3.20. The Morgan fingerprint density at radius 2 is 2.38 bits per heavy atom. The molecule has 0 aromatic carbocycles. The number of fused-ring (bicyclic) bond motifs is 3. The van der Waals surface area contributed by atoms with Crippen molar-refractivity contribution in [2.45, 2.75) is 24.9 Å². The predicted octanol–water partition coefficient (Wildman–Crippen LogP) is -0.0326. The van der Waals surface area contributed by atoms with E-state index in [4.69, 9.17) is 0 Å². The van der Waals surface area contributed by atoms with Crippen LogP contribution in [0.25, 0.3) is 0 Å². The van der Waals surface area contributed by atoms with Gasteiger partial charge in [0.15, 0.2) is 0 Å². The number of nitrogens with one attached hydrogen (secondary N) is 1. The molecule has 1 N–H and O–H groups in total. The molecule has 0 aromatic rings. The summed E-state index contributed by atoms with van der Waals surface area (Å²) in [5, 5.41) is 2.38. The molecular formula is C6H10N2. The Labute approximate surface area is 48.8 Å². The van der Waals surface area contributed by atoms with E-state index in [-0.39, 0.29) is 0 Å². The lowest BCUT2D eigenvalue weighted by Gasteiger charge is -2.30.